The average Bonchev–Trinajstić information content (AvgIpc) is 1.81. The fourth-order valence-corrected chi connectivity index (χ4v) is 6.09. The maximum atomic E-state index is 10.8. The van der Waals surface area contributed by atoms with Gasteiger partial charge in [0.1, 0.15) is 0 Å². The quantitative estimate of drug-likeness (QED) is 0.566. The second kappa shape index (κ2) is 6.03. The Morgan fingerprint density at radius 1 is 1.15 bits per heavy atom. The molecule has 0 saturated carbocycles. The van der Waals surface area contributed by atoms with Crippen molar-refractivity contribution in [2.45, 2.75) is 11.7 Å². The van der Waals surface area contributed by atoms with Crippen LogP contribution in [0.5, 0.6) is 0 Å². The van der Waals surface area contributed by atoms with Gasteiger partial charge in [-0.25, -0.2) is 0 Å². The van der Waals surface area contributed by atoms with Crippen LogP contribution in [0.15, 0.2) is 0 Å². The minimum atomic E-state index is -3.42. The van der Waals surface area contributed by atoms with Crippen LogP contribution in [-0.4, -0.2) is 21.0 Å². The molecule has 0 aliphatic carbocycles. The number of carbonyl (C=O) groups excluding carboxylic acids is 2. The summed E-state index contributed by atoms with van der Waals surface area (Å²) in [5.41, 5.74) is 0. The van der Waals surface area contributed by atoms with Crippen LogP contribution in [0.2, 0.25) is 5.25 Å². The van der Waals surface area contributed by atoms with E-state index >= 15 is 0 Å². The van der Waals surface area contributed by atoms with Gasteiger partial charge in [-0.05, 0) is 0 Å². The summed E-state index contributed by atoms with van der Waals surface area (Å²) in [5.74, 6) is -0.765. The second-order valence-corrected chi connectivity index (χ2v) is 19.7. The van der Waals surface area contributed by atoms with Crippen molar-refractivity contribution in [1.29, 1.82) is 0 Å². The van der Waals surface area contributed by atoms with Crippen molar-refractivity contribution < 1.29 is 9.59 Å². The van der Waals surface area contributed by atoms with Crippen molar-refractivity contribution in [3.8, 4) is 0 Å². The third kappa shape index (κ3) is 8.34. The summed E-state index contributed by atoms with van der Waals surface area (Å²) >= 11 is 10.3. The normalized spacial score (nSPS) is 13.9. The van der Waals surface area contributed by atoms with Gasteiger partial charge < -0.3 is 0 Å². The third-order valence-electron chi connectivity index (χ3n) is 1.21. The molecule has 0 heterocycles. The Bertz CT molecular complexity index is 213. The molecule has 76 valence electrons. The Morgan fingerprint density at radius 3 is 1.85 bits per heavy atom. The third-order valence-corrected chi connectivity index (χ3v) is 6.08. The van der Waals surface area contributed by atoms with Crippen molar-refractivity contribution in [1.82, 2.24) is 0 Å². The van der Waals surface area contributed by atoms with Crippen LogP contribution in [0.3, 0.4) is 0 Å². The molecule has 13 heavy (non-hydrogen) atoms. The zero-order valence-corrected chi connectivity index (χ0v) is 12.1. The van der Waals surface area contributed by atoms with Gasteiger partial charge in [-0.1, -0.05) is 0 Å². The van der Waals surface area contributed by atoms with Crippen molar-refractivity contribution in [3.63, 3.8) is 0 Å². The first kappa shape index (κ1) is 14.3. The molecular weight excluding hydrogens is 342 g/mol. The molecule has 0 aliphatic heterocycles. The number of hydrogen-bond donors (Lipinski definition) is 0. The van der Waals surface area contributed by atoms with E-state index < -0.39 is 26.9 Å². The Balaban J connectivity index is 4.27. The summed E-state index contributed by atoms with van der Waals surface area (Å²) in [6.07, 6.45) is -0.178. The monoisotopic (exact) mass is 346 g/mol. The van der Waals surface area contributed by atoms with Crippen LogP contribution in [0.4, 0.5) is 0 Å². The molecule has 0 radical (unpaired) electrons. The molecule has 0 aromatic heterocycles. The Hall–Kier alpha value is 1.33. The molecule has 0 saturated heterocycles. The van der Waals surface area contributed by atoms with Crippen molar-refractivity contribution in [2.75, 3.05) is 0 Å². The van der Waals surface area contributed by atoms with Crippen LogP contribution < -0.4 is 0 Å². The molecule has 0 aromatic rings. The molecule has 0 amide bonds. The van der Waals surface area contributed by atoms with E-state index in [4.69, 9.17) is 53.2 Å². The number of carbonyl (C=O) groups is 2. The van der Waals surface area contributed by atoms with E-state index in [1.165, 1.54) is 0 Å². The number of halogens is 5. The molecule has 0 N–H and O–H groups in total. The summed E-state index contributed by atoms with van der Waals surface area (Å²) in [6, 6.07) is 0. The maximum absolute atomic E-state index is 10.8. The first-order chi connectivity index (χ1) is 5.72. The summed E-state index contributed by atoms with van der Waals surface area (Å²) in [5, 5.41) is -1.28. The van der Waals surface area contributed by atoms with Gasteiger partial charge in [0.25, 0.3) is 0 Å². The molecular formula is C5H5Cl5GeO2. The van der Waals surface area contributed by atoms with E-state index in [0.717, 1.165) is 0 Å². The summed E-state index contributed by atoms with van der Waals surface area (Å²) in [7, 11) is 13.4. The first-order valence-electron chi connectivity index (χ1n) is 3.17. The van der Waals surface area contributed by atoms with Gasteiger partial charge in [-0.2, -0.15) is 0 Å². The summed E-state index contributed by atoms with van der Waals surface area (Å²) < 4.78 is 0. The molecule has 0 bridgehead atoms. The van der Waals surface area contributed by atoms with Gasteiger partial charge >= 0.3 is 101 Å². The van der Waals surface area contributed by atoms with Crippen molar-refractivity contribution in [2.24, 2.45) is 5.92 Å². The van der Waals surface area contributed by atoms with Gasteiger partial charge in [0.2, 0.25) is 0 Å². The van der Waals surface area contributed by atoms with Gasteiger partial charge in [0.15, 0.2) is 0 Å². The molecule has 0 fully saturated rings. The Kier molecular flexibility index (Phi) is 6.65. The molecule has 8 heteroatoms. The molecule has 0 spiro atoms. The Labute approximate surface area is 101 Å². The molecule has 0 rings (SSSR count). The molecule has 2 nitrogen and oxygen atoms in total. The summed E-state index contributed by atoms with van der Waals surface area (Å²) in [6.45, 7) is 0. The zero-order valence-electron chi connectivity index (χ0n) is 6.20. The van der Waals surface area contributed by atoms with E-state index in [-0.39, 0.29) is 11.7 Å². The summed E-state index contributed by atoms with van der Waals surface area (Å²) in [4.78, 5) is 21.3. The van der Waals surface area contributed by atoms with E-state index in [1.807, 2.05) is 0 Å². The number of rotatable bonds is 5. The predicted octanol–water partition coefficient (Wildman–Crippen LogP) is 3.18. The van der Waals surface area contributed by atoms with Gasteiger partial charge in [-0.3, -0.25) is 0 Å². The molecule has 1 atom stereocenters. The molecule has 0 aromatic carbocycles. The predicted molar refractivity (Wildman–Crippen MR) is 57.9 cm³/mol. The van der Waals surface area contributed by atoms with E-state index in [0.29, 0.717) is 0 Å². The van der Waals surface area contributed by atoms with Crippen LogP contribution in [-0.2, 0) is 9.59 Å². The van der Waals surface area contributed by atoms with Crippen molar-refractivity contribution >= 4 is 74.2 Å². The first-order valence-corrected chi connectivity index (χ1v) is 13.7. The molecule has 0 aliphatic rings. The van der Waals surface area contributed by atoms with Gasteiger partial charge in [0.05, 0.1) is 0 Å². The van der Waals surface area contributed by atoms with Crippen LogP contribution in [0, 0.1) is 5.92 Å². The van der Waals surface area contributed by atoms with Gasteiger partial charge in [0, 0.05) is 0 Å². The standard InChI is InChI=1S/C5H5Cl5GeO2/c6-4(12)1-3(5(7)13)2-11(8,9)10/h3H,1-2H2. The topological polar surface area (TPSA) is 34.1 Å². The Morgan fingerprint density at radius 2 is 1.62 bits per heavy atom. The fraction of sp³-hybridized carbons (Fsp3) is 0.600. The van der Waals surface area contributed by atoms with E-state index in [2.05, 4.69) is 0 Å². The number of hydrogen-bond acceptors (Lipinski definition) is 2. The minimum absolute atomic E-state index is 0.0610. The van der Waals surface area contributed by atoms with Gasteiger partial charge in [-0.15, -0.1) is 0 Å². The fourth-order valence-electron chi connectivity index (χ4n) is 0.706. The zero-order chi connectivity index (χ0) is 10.6. The van der Waals surface area contributed by atoms with Crippen molar-refractivity contribution in [3.05, 3.63) is 0 Å². The molecule has 1 unspecified atom stereocenters. The van der Waals surface area contributed by atoms with E-state index in [1.54, 1.807) is 0 Å². The SMILES string of the molecule is O=C(Cl)CC([CH2][Ge]([Cl])([Cl])[Cl])C(=O)Cl. The van der Waals surface area contributed by atoms with Crippen LogP contribution in [0.25, 0.3) is 0 Å². The van der Waals surface area contributed by atoms with E-state index in [9.17, 15) is 9.59 Å². The van der Waals surface area contributed by atoms with Crippen LogP contribution >= 0.6 is 53.2 Å². The second-order valence-electron chi connectivity index (χ2n) is 2.38. The average molecular weight is 347 g/mol. The van der Waals surface area contributed by atoms with Crippen LogP contribution in [0.1, 0.15) is 6.42 Å².